The van der Waals surface area contributed by atoms with Gasteiger partial charge in [0.25, 0.3) is 0 Å². The molecule has 0 fully saturated rings. The summed E-state index contributed by atoms with van der Waals surface area (Å²) in [5.41, 5.74) is 0.913. The van der Waals surface area contributed by atoms with Crippen LogP contribution in [0.25, 0.3) is 0 Å². The lowest BCUT2D eigenvalue weighted by molar-refractivity contribution is 0.315. The molecule has 0 rings (SSSR count). The molecular formula is C12H21NO. The molecule has 0 bridgehead atoms. The van der Waals surface area contributed by atoms with Gasteiger partial charge in [-0.2, -0.15) is 0 Å². The summed E-state index contributed by atoms with van der Waals surface area (Å²) in [7, 11) is 0. The molecule has 0 aliphatic heterocycles. The van der Waals surface area contributed by atoms with Gasteiger partial charge in [-0.25, -0.2) is 0 Å². The summed E-state index contributed by atoms with van der Waals surface area (Å²) < 4.78 is 0. The fraction of sp³-hybridized carbons (Fsp3) is 0.583. The first-order chi connectivity index (χ1) is 6.85. The zero-order valence-electron chi connectivity index (χ0n) is 9.08. The highest BCUT2D eigenvalue weighted by molar-refractivity contribution is 5.83. The molecule has 0 heterocycles. The van der Waals surface area contributed by atoms with Crippen LogP contribution in [0, 0.1) is 0 Å². The van der Waals surface area contributed by atoms with Gasteiger partial charge in [-0.15, -0.1) is 6.58 Å². The number of allylic oxidation sites excluding steroid dienone is 3. The van der Waals surface area contributed by atoms with E-state index in [0.717, 1.165) is 44.2 Å². The normalized spacial score (nSPS) is 12.2. The van der Waals surface area contributed by atoms with E-state index in [0.29, 0.717) is 0 Å². The summed E-state index contributed by atoms with van der Waals surface area (Å²) in [6.45, 7) is 5.68. The Morgan fingerprint density at radius 2 is 1.93 bits per heavy atom. The van der Waals surface area contributed by atoms with Gasteiger partial charge in [0.15, 0.2) is 0 Å². The average Bonchev–Trinajstić information content (AvgIpc) is 2.22. The summed E-state index contributed by atoms with van der Waals surface area (Å²) in [6, 6.07) is 0. The van der Waals surface area contributed by atoms with E-state index < -0.39 is 0 Å². The third-order valence-electron chi connectivity index (χ3n) is 2.09. The molecule has 0 aromatic carbocycles. The van der Waals surface area contributed by atoms with Gasteiger partial charge in [0.05, 0.1) is 5.71 Å². The van der Waals surface area contributed by atoms with E-state index in [1.807, 2.05) is 19.1 Å². The molecular weight excluding hydrogens is 174 g/mol. The molecule has 2 nitrogen and oxygen atoms in total. The van der Waals surface area contributed by atoms with Crippen LogP contribution in [0.15, 0.2) is 30.0 Å². The maximum Gasteiger partial charge on any atom is 0.0571 e. The van der Waals surface area contributed by atoms with Crippen molar-refractivity contribution in [2.24, 2.45) is 5.16 Å². The van der Waals surface area contributed by atoms with Gasteiger partial charge in [-0.1, -0.05) is 23.4 Å². The number of oxime groups is 1. The standard InChI is InChI=1S/C12H21NO/c1-3-5-7-9-11-12(13-14)10-8-6-4-2/h3-5,14H,2,6-11H2,1H3/b5-3+,13-12-. The molecule has 0 aromatic heterocycles. The maximum atomic E-state index is 8.73. The largest absolute Gasteiger partial charge is 0.411 e. The van der Waals surface area contributed by atoms with Gasteiger partial charge in [-0.3, -0.25) is 0 Å². The van der Waals surface area contributed by atoms with Crippen LogP contribution in [0.5, 0.6) is 0 Å². The molecule has 2 heteroatoms. The Balaban J connectivity index is 3.53. The number of unbranched alkanes of at least 4 members (excludes halogenated alkanes) is 2. The van der Waals surface area contributed by atoms with Crippen molar-refractivity contribution in [2.75, 3.05) is 0 Å². The first-order valence-corrected chi connectivity index (χ1v) is 5.27. The minimum Gasteiger partial charge on any atom is -0.411 e. The zero-order chi connectivity index (χ0) is 10.6. The third-order valence-corrected chi connectivity index (χ3v) is 2.09. The SMILES string of the molecule is C=CCCC/C(CCC/C=C/C)=N/O. The first kappa shape index (κ1) is 12.9. The van der Waals surface area contributed by atoms with Crippen LogP contribution in [0.4, 0.5) is 0 Å². The van der Waals surface area contributed by atoms with Crippen LogP contribution in [0.1, 0.15) is 45.4 Å². The maximum absolute atomic E-state index is 8.73. The fourth-order valence-electron chi connectivity index (χ4n) is 1.27. The molecule has 0 saturated heterocycles. The van der Waals surface area contributed by atoms with Gasteiger partial charge in [0.1, 0.15) is 0 Å². The highest BCUT2D eigenvalue weighted by Gasteiger charge is 1.98. The summed E-state index contributed by atoms with van der Waals surface area (Å²) in [6.07, 6.45) is 12.0. The lowest BCUT2D eigenvalue weighted by Gasteiger charge is -2.01. The van der Waals surface area contributed by atoms with Crippen molar-refractivity contribution in [1.29, 1.82) is 0 Å². The lowest BCUT2D eigenvalue weighted by atomic mass is 10.1. The predicted molar refractivity (Wildman–Crippen MR) is 61.9 cm³/mol. The molecule has 0 unspecified atom stereocenters. The topological polar surface area (TPSA) is 32.6 Å². The highest BCUT2D eigenvalue weighted by Crippen LogP contribution is 2.06. The van der Waals surface area contributed by atoms with Gasteiger partial charge in [0.2, 0.25) is 0 Å². The van der Waals surface area contributed by atoms with Gasteiger partial charge in [0, 0.05) is 0 Å². The predicted octanol–water partition coefficient (Wildman–Crippen LogP) is 3.92. The second-order valence-electron chi connectivity index (χ2n) is 3.31. The summed E-state index contributed by atoms with van der Waals surface area (Å²) in [4.78, 5) is 0. The summed E-state index contributed by atoms with van der Waals surface area (Å²) >= 11 is 0. The Morgan fingerprint density at radius 1 is 1.29 bits per heavy atom. The lowest BCUT2D eigenvalue weighted by Crippen LogP contribution is -1.98. The van der Waals surface area contributed by atoms with Crippen molar-refractivity contribution in [3.63, 3.8) is 0 Å². The Bertz CT molecular complexity index is 194. The molecule has 0 atom stereocenters. The van der Waals surface area contributed by atoms with Crippen molar-refractivity contribution in [3.8, 4) is 0 Å². The number of hydrogen-bond acceptors (Lipinski definition) is 2. The van der Waals surface area contributed by atoms with Crippen LogP contribution < -0.4 is 0 Å². The van der Waals surface area contributed by atoms with Crippen molar-refractivity contribution < 1.29 is 5.21 Å². The Hall–Kier alpha value is -1.05. The molecule has 80 valence electrons. The van der Waals surface area contributed by atoms with Crippen molar-refractivity contribution in [1.82, 2.24) is 0 Å². The quantitative estimate of drug-likeness (QED) is 0.206. The fourth-order valence-corrected chi connectivity index (χ4v) is 1.27. The van der Waals surface area contributed by atoms with E-state index in [1.165, 1.54) is 0 Å². The number of hydrogen-bond donors (Lipinski definition) is 1. The van der Waals surface area contributed by atoms with Gasteiger partial charge in [-0.05, 0) is 45.4 Å². The highest BCUT2D eigenvalue weighted by atomic mass is 16.4. The molecule has 14 heavy (non-hydrogen) atoms. The minimum atomic E-state index is 0.887. The molecule has 0 saturated carbocycles. The molecule has 1 N–H and O–H groups in total. The van der Waals surface area contributed by atoms with Gasteiger partial charge < -0.3 is 5.21 Å². The number of nitrogens with zero attached hydrogens (tertiary/aromatic N) is 1. The molecule has 0 aromatic rings. The van der Waals surface area contributed by atoms with Crippen LogP contribution in [0.3, 0.4) is 0 Å². The number of rotatable bonds is 8. The zero-order valence-corrected chi connectivity index (χ0v) is 9.08. The first-order valence-electron chi connectivity index (χ1n) is 5.27. The Kier molecular flexibility index (Phi) is 9.28. The molecule has 0 aliphatic carbocycles. The molecule has 0 radical (unpaired) electrons. The van der Waals surface area contributed by atoms with Crippen LogP contribution in [-0.2, 0) is 0 Å². The van der Waals surface area contributed by atoms with Crippen molar-refractivity contribution >= 4 is 5.71 Å². The molecule has 0 spiro atoms. The van der Waals surface area contributed by atoms with E-state index in [1.54, 1.807) is 0 Å². The average molecular weight is 195 g/mol. The Morgan fingerprint density at radius 3 is 2.43 bits per heavy atom. The van der Waals surface area contributed by atoms with Crippen LogP contribution in [0.2, 0.25) is 0 Å². The van der Waals surface area contributed by atoms with E-state index in [2.05, 4.69) is 17.8 Å². The summed E-state index contributed by atoms with van der Waals surface area (Å²) in [5.74, 6) is 0. The summed E-state index contributed by atoms with van der Waals surface area (Å²) in [5, 5.41) is 12.0. The minimum absolute atomic E-state index is 0.887. The van der Waals surface area contributed by atoms with Crippen LogP contribution >= 0.6 is 0 Å². The van der Waals surface area contributed by atoms with E-state index in [-0.39, 0.29) is 0 Å². The molecule has 0 amide bonds. The second kappa shape index (κ2) is 10.0. The Labute approximate surface area is 87.0 Å². The molecule has 0 aliphatic rings. The van der Waals surface area contributed by atoms with E-state index in [9.17, 15) is 0 Å². The smallest absolute Gasteiger partial charge is 0.0571 e. The van der Waals surface area contributed by atoms with Gasteiger partial charge >= 0.3 is 0 Å². The monoisotopic (exact) mass is 195 g/mol. The van der Waals surface area contributed by atoms with E-state index >= 15 is 0 Å². The third kappa shape index (κ3) is 7.59. The van der Waals surface area contributed by atoms with Crippen molar-refractivity contribution in [2.45, 2.75) is 45.4 Å². The van der Waals surface area contributed by atoms with Crippen molar-refractivity contribution in [3.05, 3.63) is 24.8 Å². The van der Waals surface area contributed by atoms with Crippen LogP contribution in [-0.4, -0.2) is 10.9 Å². The second-order valence-corrected chi connectivity index (χ2v) is 3.31. The van der Waals surface area contributed by atoms with E-state index in [4.69, 9.17) is 5.21 Å².